The van der Waals surface area contributed by atoms with Crippen LogP contribution in [-0.4, -0.2) is 9.97 Å². The largest absolute Gasteiger partial charge is 0.311 e. The van der Waals surface area contributed by atoms with E-state index >= 15 is 0 Å². The van der Waals surface area contributed by atoms with E-state index in [1.54, 1.807) is 0 Å². The Morgan fingerprint density at radius 2 is 1.87 bits per heavy atom. The average Bonchev–Trinajstić information content (AvgIpc) is 2.17. The average molecular weight is 210 g/mol. The molecule has 0 fully saturated rings. The van der Waals surface area contributed by atoms with Crippen LogP contribution >= 0.6 is 0 Å². The van der Waals surface area contributed by atoms with Crippen LogP contribution in [-0.2, 0) is 0 Å². The van der Waals surface area contributed by atoms with Gasteiger partial charge in [-0.05, 0) is 17.7 Å². The first-order valence-electron chi connectivity index (χ1n) is 4.11. The fourth-order valence-corrected chi connectivity index (χ4v) is 1.19. The third-order valence-corrected chi connectivity index (χ3v) is 1.85. The lowest BCUT2D eigenvalue weighted by Crippen LogP contribution is -1.96. The van der Waals surface area contributed by atoms with E-state index in [0.29, 0.717) is 0 Å². The van der Waals surface area contributed by atoms with E-state index in [9.17, 15) is 13.2 Å². The highest BCUT2D eigenvalue weighted by molar-refractivity contribution is 5.61. The van der Waals surface area contributed by atoms with Gasteiger partial charge in [-0.2, -0.15) is 13.8 Å². The second-order valence-corrected chi connectivity index (χ2v) is 2.85. The number of hydrogen-bond donors (Lipinski definition) is 0. The summed E-state index contributed by atoms with van der Waals surface area (Å²) in [6.45, 7) is 0. The minimum Gasteiger partial charge on any atom is -0.210 e. The second-order valence-electron chi connectivity index (χ2n) is 2.85. The molecule has 15 heavy (non-hydrogen) atoms. The molecule has 0 amide bonds. The topological polar surface area (TPSA) is 25.8 Å². The van der Waals surface area contributed by atoms with E-state index in [0.717, 1.165) is 12.3 Å². The lowest BCUT2D eigenvalue weighted by atomic mass is 10.1. The van der Waals surface area contributed by atoms with E-state index in [1.165, 1.54) is 18.2 Å². The zero-order valence-corrected chi connectivity index (χ0v) is 7.42. The van der Waals surface area contributed by atoms with Crippen molar-refractivity contribution in [1.82, 2.24) is 9.97 Å². The number of halogens is 3. The van der Waals surface area contributed by atoms with Crippen molar-refractivity contribution in [3.63, 3.8) is 0 Å². The van der Waals surface area contributed by atoms with E-state index in [-0.39, 0.29) is 11.1 Å². The summed E-state index contributed by atoms with van der Waals surface area (Å²) in [5, 5.41) is 0. The molecule has 0 atom stereocenters. The van der Waals surface area contributed by atoms with Crippen molar-refractivity contribution in [1.29, 1.82) is 0 Å². The van der Waals surface area contributed by atoms with Gasteiger partial charge in [0.25, 0.3) is 0 Å². The van der Waals surface area contributed by atoms with Crippen LogP contribution in [0.3, 0.4) is 0 Å². The molecule has 0 saturated carbocycles. The summed E-state index contributed by atoms with van der Waals surface area (Å²) in [6.07, 6.45) is -0.167. The number of hydrogen-bond acceptors (Lipinski definition) is 2. The van der Waals surface area contributed by atoms with Gasteiger partial charge in [0.2, 0.25) is 5.95 Å². The monoisotopic (exact) mass is 210 g/mol. The van der Waals surface area contributed by atoms with Crippen LogP contribution in [0.5, 0.6) is 0 Å². The Morgan fingerprint density at radius 3 is 2.53 bits per heavy atom. The van der Waals surface area contributed by atoms with Crippen molar-refractivity contribution >= 4 is 0 Å². The molecule has 0 unspecified atom stereocenters. The first kappa shape index (κ1) is 9.64. The van der Waals surface area contributed by atoms with Gasteiger partial charge >= 0.3 is 6.08 Å². The normalized spacial score (nSPS) is 10.3. The smallest absolute Gasteiger partial charge is 0.210 e. The molecule has 2 aromatic rings. The molecule has 1 heterocycles. The molecule has 5 heteroatoms. The summed E-state index contributed by atoms with van der Waals surface area (Å²) < 4.78 is 38.4. The summed E-state index contributed by atoms with van der Waals surface area (Å²) in [7, 11) is 0. The summed E-state index contributed by atoms with van der Waals surface area (Å²) in [5.41, 5.74) is 0.239. The first-order chi connectivity index (χ1) is 7.16. The van der Waals surface area contributed by atoms with Crippen molar-refractivity contribution in [3.05, 3.63) is 48.3 Å². The van der Waals surface area contributed by atoms with Crippen LogP contribution in [0.15, 0.2) is 30.5 Å². The Hall–Kier alpha value is -1.91. The zero-order valence-electron chi connectivity index (χ0n) is 7.42. The van der Waals surface area contributed by atoms with Crippen LogP contribution in [0.1, 0.15) is 0 Å². The Labute approximate surface area is 83.4 Å². The van der Waals surface area contributed by atoms with Crippen molar-refractivity contribution in [3.8, 4) is 11.1 Å². The molecule has 0 aliphatic heterocycles. The zero-order chi connectivity index (χ0) is 10.8. The van der Waals surface area contributed by atoms with Crippen LogP contribution < -0.4 is 0 Å². The Balaban J connectivity index is 2.54. The summed E-state index contributed by atoms with van der Waals surface area (Å²) >= 11 is 0. The number of aromatic nitrogens is 2. The lowest BCUT2D eigenvalue weighted by molar-refractivity contribution is 0.485. The maximum Gasteiger partial charge on any atom is 0.311 e. The molecule has 0 bridgehead atoms. The molecule has 1 aromatic carbocycles. The molecule has 2 nitrogen and oxygen atoms in total. The van der Waals surface area contributed by atoms with Gasteiger partial charge in [0.1, 0.15) is 5.82 Å². The summed E-state index contributed by atoms with van der Waals surface area (Å²) in [4.78, 5) is 6.12. The maximum absolute atomic E-state index is 13.2. The Morgan fingerprint density at radius 1 is 1.07 bits per heavy atom. The van der Waals surface area contributed by atoms with E-state index in [2.05, 4.69) is 9.97 Å². The van der Waals surface area contributed by atoms with Crippen LogP contribution in [0, 0.1) is 17.8 Å². The summed E-state index contributed by atoms with van der Waals surface area (Å²) in [5.74, 6) is -1.51. The number of nitrogens with zero attached hydrogens (tertiary/aromatic N) is 2. The molecule has 0 aliphatic carbocycles. The van der Waals surface area contributed by atoms with Gasteiger partial charge < -0.3 is 0 Å². The van der Waals surface area contributed by atoms with Crippen molar-refractivity contribution < 1.29 is 13.2 Å². The third kappa shape index (κ3) is 1.96. The summed E-state index contributed by atoms with van der Waals surface area (Å²) in [6, 6.07) is 5.27. The number of rotatable bonds is 1. The van der Waals surface area contributed by atoms with Crippen molar-refractivity contribution in [2.75, 3.05) is 0 Å². The molecule has 0 radical (unpaired) electrons. The van der Waals surface area contributed by atoms with Gasteiger partial charge in [0.05, 0.1) is 5.56 Å². The predicted octanol–water partition coefficient (Wildman–Crippen LogP) is 2.56. The molecule has 1 aromatic heterocycles. The molecule has 0 saturated heterocycles. The van der Waals surface area contributed by atoms with Crippen molar-refractivity contribution in [2.24, 2.45) is 0 Å². The van der Waals surface area contributed by atoms with Gasteiger partial charge in [-0.15, -0.1) is 0 Å². The standard InChI is InChI=1S/C10H5F3N2/c11-7-3-1-2-6(4-7)8-5-14-10(13)15-9(8)12/h1-5H. The first-order valence-corrected chi connectivity index (χ1v) is 4.11. The Bertz CT molecular complexity index is 500. The molecule has 0 spiro atoms. The SMILES string of the molecule is Fc1cccc(-c2cnc(F)nc2F)c1. The van der Waals surface area contributed by atoms with Crippen LogP contribution in [0.4, 0.5) is 13.2 Å². The van der Waals surface area contributed by atoms with Crippen LogP contribution in [0.25, 0.3) is 11.1 Å². The maximum atomic E-state index is 13.2. The fourth-order valence-electron chi connectivity index (χ4n) is 1.19. The quantitative estimate of drug-likeness (QED) is 0.534. The molecular formula is C10H5F3N2. The van der Waals surface area contributed by atoms with Gasteiger partial charge in [0, 0.05) is 6.20 Å². The minimum atomic E-state index is -1.15. The third-order valence-electron chi connectivity index (χ3n) is 1.85. The molecule has 0 N–H and O–H groups in total. The highest BCUT2D eigenvalue weighted by atomic mass is 19.1. The van der Waals surface area contributed by atoms with Gasteiger partial charge in [-0.3, -0.25) is 0 Å². The lowest BCUT2D eigenvalue weighted by Gasteiger charge is -2.01. The van der Waals surface area contributed by atoms with Gasteiger partial charge in [0.15, 0.2) is 0 Å². The number of benzene rings is 1. The van der Waals surface area contributed by atoms with Crippen molar-refractivity contribution in [2.45, 2.75) is 0 Å². The predicted molar refractivity (Wildman–Crippen MR) is 47.3 cm³/mol. The molecule has 2 rings (SSSR count). The second kappa shape index (κ2) is 3.68. The Kier molecular flexibility index (Phi) is 2.37. The van der Waals surface area contributed by atoms with Gasteiger partial charge in [-0.1, -0.05) is 12.1 Å². The minimum absolute atomic E-state index is 0.0316. The highest BCUT2D eigenvalue weighted by Gasteiger charge is 2.08. The molecule has 0 aliphatic rings. The highest BCUT2D eigenvalue weighted by Crippen LogP contribution is 2.21. The van der Waals surface area contributed by atoms with E-state index in [4.69, 9.17) is 0 Å². The van der Waals surface area contributed by atoms with E-state index < -0.39 is 17.8 Å². The van der Waals surface area contributed by atoms with Gasteiger partial charge in [-0.25, -0.2) is 9.37 Å². The molecule has 76 valence electrons. The van der Waals surface area contributed by atoms with Crippen LogP contribution in [0.2, 0.25) is 0 Å². The molecular weight excluding hydrogens is 205 g/mol. The fraction of sp³-hybridized carbons (Fsp3) is 0. The van der Waals surface area contributed by atoms with E-state index in [1.807, 2.05) is 0 Å².